The van der Waals surface area contributed by atoms with Crippen molar-refractivity contribution in [3.05, 3.63) is 60.4 Å². The molecule has 3 aromatic heterocycles. The number of fused-ring (bicyclic) bond motifs is 1. The van der Waals surface area contributed by atoms with Crippen LogP contribution in [0.4, 0.5) is 5.82 Å². The number of aryl methyl sites for hydroxylation is 1. The number of carbonyl (C=O) groups excluding carboxylic acids is 1. The van der Waals surface area contributed by atoms with Gasteiger partial charge in [-0.1, -0.05) is 0 Å². The molecule has 0 radical (unpaired) electrons. The Morgan fingerprint density at radius 3 is 2.72 bits per heavy atom. The van der Waals surface area contributed by atoms with Gasteiger partial charge in [0, 0.05) is 13.1 Å². The second-order valence-corrected chi connectivity index (χ2v) is 6.27. The second-order valence-electron chi connectivity index (χ2n) is 6.27. The van der Waals surface area contributed by atoms with Gasteiger partial charge in [0.05, 0.1) is 30.6 Å². The lowest BCUT2D eigenvalue weighted by Crippen LogP contribution is -2.28. The molecule has 29 heavy (non-hydrogen) atoms. The molecule has 0 aliphatic carbocycles. The van der Waals surface area contributed by atoms with Crippen LogP contribution in [0.1, 0.15) is 16.4 Å². The minimum absolute atomic E-state index is 0.256. The lowest BCUT2D eigenvalue weighted by molar-refractivity contribution is 0.0927. The number of carbonyl (C=O) groups is 1. The van der Waals surface area contributed by atoms with Crippen LogP contribution in [0.25, 0.3) is 16.7 Å². The summed E-state index contributed by atoms with van der Waals surface area (Å²) < 4.78 is 12.0. The Bertz CT molecular complexity index is 1120. The van der Waals surface area contributed by atoms with Gasteiger partial charge in [-0.15, -0.1) is 0 Å². The molecule has 148 valence electrons. The van der Waals surface area contributed by atoms with Crippen molar-refractivity contribution < 1.29 is 13.9 Å². The summed E-state index contributed by atoms with van der Waals surface area (Å²) in [5, 5.41) is 11.3. The molecule has 1 amide bonds. The third-order valence-electron chi connectivity index (χ3n) is 4.31. The highest BCUT2D eigenvalue weighted by atomic mass is 16.5. The number of nitrogens with one attached hydrogen (secondary N) is 2. The normalized spacial score (nSPS) is 10.8. The van der Waals surface area contributed by atoms with Gasteiger partial charge in [0.15, 0.2) is 11.4 Å². The topological polar surface area (TPSA) is 107 Å². The molecule has 0 unspecified atom stereocenters. The van der Waals surface area contributed by atoms with Crippen molar-refractivity contribution in [2.75, 3.05) is 25.5 Å². The van der Waals surface area contributed by atoms with E-state index in [0.717, 1.165) is 16.8 Å². The number of benzene rings is 1. The fraction of sp³-hybridized carbons (Fsp3) is 0.200. The van der Waals surface area contributed by atoms with E-state index in [-0.39, 0.29) is 11.7 Å². The van der Waals surface area contributed by atoms with E-state index >= 15 is 0 Å². The number of ether oxygens (including phenoxy) is 1. The molecule has 4 rings (SSSR count). The van der Waals surface area contributed by atoms with Gasteiger partial charge in [0.25, 0.3) is 5.91 Å². The van der Waals surface area contributed by atoms with E-state index in [2.05, 4.69) is 25.7 Å². The van der Waals surface area contributed by atoms with E-state index in [4.69, 9.17) is 9.15 Å². The van der Waals surface area contributed by atoms with Gasteiger partial charge in [-0.2, -0.15) is 5.10 Å². The van der Waals surface area contributed by atoms with Crippen LogP contribution in [-0.2, 0) is 0 Å². The predicted molar refractivity (Wildman–Crippen MR) is 107 cm³/mol. The average Bonchev–Trinajstić information content (AvgIpc) is 3.41. The Kier molecular flexibility index (Phi) is 5.10. The van der Waals surface area contributed by atoms with Crippen molar-refractivity contribution >= 4 is 22.8 Å². The number of furan rings is 1. The first-order valence-electron chi connectivity index (χ1n) is 9.08. The smallest absolute Gasteiger partial charge is 0.287 e. The molecule has 9 heteroatoms. The Labute approximate surface area is 166 Å². The van der Waals surface area contributed by atoms with Crippen molar-refractivity contribution in [1.29, 1.82) is 0 Å². The van der Waals surface area contributed by atoms with Crippen LogP contribution in [0.5, 0.6) is 5.75 Å². The fourth-order valence-electron chi connectivity index (χ4n) is 2.92. The minimum Gasteiger partial charge on any atom is -0.497 e. The van der Waals surface area contributed by atoms with E-state index in [1.165, 1.54) is 6.26 Å². The van der Waals surface area contributed by atoms with Gasteiger partial charge in [0.2, 0.25) is 0 Å². The summed E-state index contributed by atoms with van der Waals surface area (Å²) in [6.07, 6.45) is 3.19. The molecule has 0 saturated carbocycles. The molecule has 0 aliphatic rings. The van der Waals surface area contributed by atoms with Gasteiger partial charge in [0.1, 0.15) is 17.4 Å². The standard InChI is InChI=1S/C20H20N6O3/c1-13-24-18(21-9-10-22-20(27)17-4-3-11-29-17)16-12-23-26(19(16)25-13)14-5-7-15(28-2)8-6-14/h3-8,11-12H,9-10H2,1-2H3,(H,22,27)(H,21,24,25). The van der Waals surface area contributed by atoms with Crippen LogP contribution in [0.2, 0.25) is 0 Å². The fourth-order valence-corrected chi connectivity index (χ4v) is 2.92. The molecule has 2 N–H and O–H groups in total. The molecule has 1 aromatic carbocycles. The van der Waals surface area contributed by atoms with Gasteiger partial charge < -0.3 is 19.8 Å². The Morgan fingerprint density at radius 1 is 1.17 bits per heavy atom. The maximum Gasteiger partial charge on any atom is 0.287 e. The molecular weight excluding hydrogens is 372 g/mol. The van der Waals surface area contributed by atoms with E-state index < -0.39 is 0 Å². The number of anilines is 1. The molecular formula is C20H20N6O3. The van der Waals surface area contributed by atoms with Crippen LogP contribution in [0.3, 0.4) is 0 Å². The molecule has 0 bridgehead atoms. The molecule has 0 atom stereocenters. The molecule has 0 aliphatic heterocycles. The van der Waals surface area contributed by atoms with Crippen LogP contribution < -0.4 is 15.4 Å². The monoisotopic (exact) mass is 392 g/mol. The predicted octanol–water partition coefficient (Wildman–Crippen LogP) is 2.57. The maximum atomic E-state index is 11.9. The summed E-state index contributed by atoms with van der Waals surface area (Å²) in [5.41, 5.74) is 1.57. The number of nitrogens with zero attached hydrogens (tertiary/aromatic N) is 4. The number of rotatable bonds is 7. The van der Waals surface area contributed by atoms with Crippen LogP contribution in [0, 0.1) is 6.92 Å². The molecule has 4 aromatic rings. The first kappa shape index (κ1) is 18.5. The zero-order chi connectivity index (χ0) is 20.2. The Morgan fingerprint density at radius 2 is 2.00 bits per heavy atom. The summed E-state index contributed by atoms with van der Waals surface area (Å²) in [7, 11) is 1.63. The number of methoxy groups -OCH3 is 1. The minimum atomic E-state index is -0.256. The molecule has 0 spiro atoms. The quantitative estimate of drug-likeness (QED) is 0.466. The van der Waals surface area contributed by atoms with E-state index in [1.54, 1.807) is 30.1 Å². The van der Waals surface area contributed by atoms with Crippen molar-refractivity contribution in [2.24, 2.45) is 0 Å². The Hall–Kier alpha value is -3.88. The van der Waals surface area contributed by atoms with Crippen molar-refractivity contribution in [2.45, 2.75) is 6.92 Å². The zero-order valence-corrected chi connectivity index (χ0v) is 16.0. The van der Waals surface area contributed by atoms with Crippen molar-refractivity contribution in [1.82, 2.24) is 25.1 Å². The number of hydrogen-bond donors (Lipinski definition) is 2. The average molecular weight is 392 g/mol. The maximum absolute atomic E-state index is 11.9. The molecule has 0 saturated heterocycles. The highest BCUT2D eigenvalue weighted by Gasteiger charge is 2.13. The number of amides is 1. The lowest BCUT2D eigenvalue weighted by Gasteiger charge is -2.09. The third kappa shape index (κ3) is 3.88. The highest BCUT2D eigenvalue weighted by Crippen LogP contribution is 2.23. The van der Waals surface area contributed by atoms with Gasteiger partial charge in [-0.05, 0) is 43.3 Å². The highest BCUT2D eigenvalue weighted by molar-refractivity contribution is 5.91. The van der Waals surface area contributed by atoms with Crippen LogP contribution >= 0.6 is 0 Å². The largest absolute Gasteiger partial charge is 0.497 e. The summed E-state index contributed by atoms with van der Waals surface area (Å²) in [4.78, 5) is 20.9. The van der Waals surface area contributed by atoms with E-state index in [9.17, 15) is 4.79 Å². The van der Waals surface area contributed by atoms with Gasteiger partial charge >= 0.3 is 0 Å². The molecule has 3 heterocycles. The summed E-state index contributed by atoms with van der Waals surface area (Å²) >= 11 is 0. The van der Waals surface area contributed by atoms with Crippen LogP contribution in [0.15, 0.2) is 53.3 Å². The lowest BCUT2D eigenvalue weighted by atomic mass is 10.3. The van der Waals surface area contributed by atoms with Gasteiger partial charge in [-0.25, -0.2) is 14.6 Å². The Balaban J connectivity index is 1.49. The SMILES string of the molecule is COc1ccc(-n2ncc3c(NCCNC(=O)c4ccco4)nc(C)nc32)cc1. The number of aromatic nitrogens is 4. The molecule has 0 fully saturated rings. The summed E-state index contributed by atoms with van der Waals surface area (Å²) in [5.74, 6) is 2.09. The van der Waals surface area contributed by atoms with Crippen LogP contribution in [-0.4, -0.2) is 45.9 Å². The van der Waals surface area contributed by atoms with Gasteiger partial charge in [-0.3, -0.25) is 4.79 Å². The first-order chi connectivity index (χ1) is 14.2. The van der Waals surface area contributed by atoms with Crippen molar-refractivity contribution in [3.63, 3.8) is 0 Å². The zero-order valence-electron chi connectivity index (χ0n) is 16.0. The van der Waals surface area contributed by atoms with E-state index in [0.29, 0.717) is 30.4 Å². The second kappa shape index (κ2) is 8.01. The number of hydrogen-bond acceptors (Lipinski definition) is 7. The summed E-state index contributed by atoms with van der Waals surface area (Å²) in [6, 6.07) is 10.9. The van der Waals surface area contributed by atoms with Crippen molar-refractivity contribution in [3.8, 4) is 11.4 Å². The first-order valence-corrected chi connectivity index (χ1v) is 9.08. The van der Waals surface area contributed by atoms with E-state index in [1.807, 2.05) is 31.2 Å². The third-order valence-corrected chi connectivity index (χ3v) is 4.31. The summed E-state index contributed by atoms with van der Waals surface area (Å²) in [6.45, 7) is 2.73. The molecule has 9 nitrogen and oxygen atoms in total.